The molecule has 7 nitrogen and oxygen atoms in total. The number of fused-ring (bicyclic) bond motifs is 1. The van der Waals surface area contributed by atoms with Crippen molar-refractivity contribution in [3.05, 3.63) is 72.3 Å². The van der Waals surface area contributed by atoms with Crippen molar-refractivity contribution < 1.29 is 19.4 Å². The Morgan fingerprint density at radius 3 is 2.24 bits per heavy atom. The van der Waals surface area contributed by atoms with Crippen molar-refractivity contribution in [2.75, 3.05) is 30.0 Å². The minimum absolute atomic E-state index is 0.0421. The van der Waals surface area contributed by atoms with E-state index in [1.54, 1.807) is 35.4 Å². The highest BCUT2D eigenvalue weighted by Crippen LogP contribution is 2.31. The molecule has 9 heteroatoms. The first-order chi connectivity index (χ1) is 18.5. The lowest BCUT2D eigenvalue weighted by molar-refractivity contribution is -0.142. The van der Waals surface area contributed by atoms with Crippen LogP contribution in [-0.2, 0) is 9.53 Å². The second kappa shape index (κ2) is 14.5. The summed E-state index contributed by atoms with van der Waals surface area (Å²) < 4.78 is 9.30. The van der Waals surface area contributed by atoms with Crippen LogP contribution in [0.2, 0.25) is 0 Å². The Morgan fingerprint density at radius 2 is 1.63 bits per heavy atom. The summed E-state index contributed by atoms with van der Waals surface area (Å²) in [5.41, 5.74) is 5.43. The molecule has 3 N–H and O–H groups in total. The van der Waals surface area contributed by atoms with E-state index in [2.05, 4.69) is 21.1 Å². The van der Waals surface area contributed by atoms with Crippen molar-refractivity contribution in [2.24, 2.45) is 5.92 Å². The molecule has 0 radical (unpaired) electrons. The number of nitrogens with one attached hydrogen (secondary N) is 2. The van der Waals surface area contributed by atoms with Gasteiger partial charge in [0, 0.05) is 43.3 Å². The van der Waals surface area contributed by atoms with E-state index in [1.165, 1.54) is 7.11 Å². The van der Waals surface area contributed by atoms with E-state index < -0.39 is 11.9 Å². The monoisotopic (exact) mass is 551 g/mol. The van der Waals surface area contributed by atoms with E-state index >= 15 is 0 Å². The Labute approximate surface area is 231 Å². The lowest BCUT2D eigenvalue weighted by atomic mass is 9.94. The summed E-state index contributed by atoms with van der Waals surface area (Å²) in [7, 11) is 1.52. The Hall–Kier alpha value is -3.40. The number of aliphatic carboxylic acids is 1. The lowest BCUT2D eigenvalue weighted by Gasteiger charge is -2.11. The number of carbonyl (C=O) groups is 2. The molecule has 4 aromatic rings. The Kier molecular flexibility index (Phi) is 11.1. The molecule has 0 bridgehead atoms. The van der Waals surface area contributed by atoms with Gasteiger partial charge in [0.1, 0.15) is 0 Å². The fourth-order valence-corrected chi connectivity index (χ4v) is 5.08. The quantitative estimate of drug-likeness (QED) is 0.121. The molecule has 0 aliphatic carbocycles. The number of thiazole rings is 1. The van der Waals surface area contributed by atoms with E-state index in [4.69, 9.17) is 4.74 Å². The number of aromatic nitrogens is 1. The fraction of sp³-hybridized carbons (Fsp3) is 0.276. The maximum Gasteiger partial charge on any atom is 0.307 e. The molecule has 1 aromatic heterocycles. The standard InChI is InChI=1S/C27H27N3O4S2.C2H6/c1-34-14-13-20(26(32)33)15-24(31)19-5-3-17(4-6-19)18-7-9-21(10-8-18)28-27-29-23-12-11-22(30-35-2)16-25(23)36-27;1-2/h3-12,16,20,30H,13-15H2,1-2H3,(H,28,29)(H,32,33);1-2H3. The van der Waals surface area contributed by atoms with Crippen molar-refractivity contribution >= 4 is 61.8 Å². The van der Waals surface area contributed by atoms with Crippen LogP contribution in [0.25, 0.3) is 21.3 Å². The average Bonchev–Trinajstić information content (AvgIpc) is 3.34. The van der Waals surface area contributed by atoms with Gasteiger partial charge in [-0.3, -0.25) is 9.59 Å². The molecular weight excluding hydrogens is 518 g/mol. The number of ether oxygens (including phenoxy) is 1. The maximum absolute atomic E-state index is 12.6. The van der Waals surface area contributed by atoms with Gasteiger partial charge in [0.2, 0.25) is 0 Å². The number of methoxy groups -OCH3 is 1. The van der Waals surface area contributed by atoms with Gasteiger partial charge in [-0.25, -0.2) is 4.98 Å². The zero-order valence-electron chi connectivity index (χ0n) is 22.0. The topological polar surface area (TPSA) is 101 Å². The van der Waals surface area contributed by atoms with Gasteiger partial charge in [0.05, 0.1) is 16.1 Å². The number of Topliss-reactive ketones (excluding diaryl/α,β-unsaturated/α-hetero) is 1. The third-order valence-corrected chi connectivity index (χ3v) is 7.11. The molecule has 0 aliphatic rings. The van der Waals surface area contributed by atoms with Crippen LogP contribution in [0.5, 0.6) is 0 Å². The van der Waals surface area contributed by atoms with Crippen LogP contribution in [0.3, 0.4) is 0 Å². The number of anilines is 3. The van der Waals surface area contributed by atoms with Crippen molar-refractivity contribution in [3.63, 3.8) is 0 Å². The number of carboxylic acid groups (broad SMARTS) is 1. The first-order valence-electron chi connectivity index (χ1n) is 12.4. The number of carbonyl (C=O) groups excluding carboxylic acids is 1. The average molecular weight is 552 g/mol. The number of hydrogen-bond acceptors (Lipinski definition) is 8. The van der Waals surface area contributed by atoms with Gasteiger partial charge in [0.25, 0.3) is 0 Å². The van der Waals surface area contributed by atoms with Crippen molar-refractivity contribution in [2.45, 2.75) is 26.7 Å². The zero-order valence-corrected chi connectivity index (χ0v) is 23.6. The number of hydrogen-bond donors (Lipinski definition) is 3. The van der Waals surface area contributed by atoms with Crippen molar-refractivity contribution in [1.29, 1.82) is 0 Å². The van der Waals surface area contributed by atoms with Crippen LogP contribution in [0.4, 0.5) is 16.5 Å². The minimum Gasteiger partial charge on any atom is -0.481 e. The van der Waals surface area contributed by atoms with Crippen molar-refractivity contribution in [1.82, 2.24) is 4.98 Å². The molecule has 38 heavy (non-hydrogen) atoms. The van der Waals surface area contributed by atoms with Gasteiger partial charge in [-0.15, -0.1) is 0 Å². The summed E-state index contributed by atoms with van der Waals surface area (Å²) in [5, 5.41) is 13.5. The second-order valence-corrected chi connectivity index (χ2v) is 9.87. The van der Waals surface area contributed by atoms with Gasteiger partial charge < -0.3 is 19.9 Å². The Bertz CT molecular complexity index is 1340. The summed E-state index contributed by atoms with van der Waals surface area (Å²) in [4.78, 5) is 28.7. The van der Waals surface area contributed by atoms with Gasteiger partial charge in [-0.05, 0) is 47.9 Å². The summed E-state index contributed by atoms with van der Waals surface area (Å²) >= 11 is 3.16. The van der Waals surface area contributed by atoms with E-state index in [9.17, 15) is 14.7 Å². The Balaban J connectivity index is 0.00000195. The second-order valence-electron chi connectivity index (χ2n) is 8.23. The third-order valence-electron chi connectivity index (χ3n) is 5.74. The molecule has 1 unspecified atom stereocenters. The highest BCUT2D eigenvalue weighted by atomic mass is 32.2. The van der Waals surface area contributed by atoms with E-state index in [1.807, 2.05) is 68.6 Å². The Morgan fingerprint density at radius 1 is 1.00 bits per heavy atom. The summed E-state index contributed by atoms with van der Waals surface area (Å²) in [6.45, 7) is 4.31. The lowest BCUT2D eigenvalue weighted by Crippen LogP contribution is -2.19. The third kappa shape index (κ3) is 7.80. The molecule has 1 atom stereocenters. The van der Waals surface area contributed by atoms with Gasteiger partial charge in [-0.2, -0.15) is 0 Å². The van der Waals surface area contributed by atoms with Crippen LogP contribution in [-0.4, -0.2) is 41.8 Å². The molecule has 0 saturated heterocycles. The number of nitrogens with zero attached hydrogens (tertiary/aromatic N) is 1. The predicted molar refractivity (Wildman–Crippen MR) is 160 cm³/mol. The zero-order chi connectivity index (χ0) is 27.5. The van der Waals surface area contributed by atoms with Crippen LogP contribution in [0, 0.1) is 5.92 Å². The molecule has 200 valence electrons. The summed E-state index contributed by atoms with van der Waals surface area (Å²) in [5.74, 6) is -1.91. The van der Waals surface area contributed by atoms with Crippen LogP contribution >= 0.6 is 23.3 Å². The van der Waals surface area contributed by atoms with E-state index in [0.29, 0.717) is 18.6 Å². The highest BCUT2D eigenvalue weighted by Gasteiger charge is 2.21. The molecule has 0 spiro atoms. The van der Waals surface area contributed by atoms with Crippen LogP contribution in [0.1, 0.15) is 37.0 Å². The summed E-state index contributed by atoms with van der Waals surface area (Å²) in [6.07, 6.45) is 2.26. The minimum atomic E-state index is -0.978. The van der Waals surface area contributed by atoms with E-state index in [-0.39, 0.29) is 12.2 Å². The molecule has 0 aliphatic heterocycles. The SMILES string of the molecule is CC.COCCC(CC(=O)c1ccc(-c2ccc(Nc3nc4ccc(NSC)cc4s3)cc2)cc1)C(=O)O. The van der Waals surface area contributed by atoms with Crippen LogP contribution < -0.4 is 10.0 Å². The van der Waals surface area contributed by atoms with Crippen LogP contribution in [0.15, 0.2) is 66.7 Å². The first kappa shape index (κ1) is 29.2. The van der Waals surface area contributed by atoms with E-state index in [0.717, 1.165) is 37.8 Å². The summed E-state index contributed by atoms with van der Waals surface area (Å²) in [6, 6.07) is 21.4. The van der Waals surface area contributed by atoms with Gasteiger partial charge in [0.15, 0.2) is 10.9 Å². The molecule has 4 rings (SSSR count). The smallest absolute Gasteiger partial charge is 0.307 e. The number of benzene rings is 3. The maximum atomic E-state index is 12.6. The highest BCUT2D eigenvalue weighted by molar-refractivity contribution is 7.99. The molecule has 0 amide bonds. The molecule has 1 heterocycles. The first-order valence-corrected chi connectivity index (χ1v) is 14.4. The molecule has 3 aromatic carbocycles. The largest absolute Gasteiger partial charge is 0.481 e. The fourth-order valence-electron chi connectivity index (χ4n) is 3.79. The van der Waals surface area contributed by atoms with Gasteiger partial charge in [-0.1, -0.05) is 73.5 Å². The van der Waals surface area contributed by atoms with Gasteiger partial charge >= 0.3 is 5.97 Å². The normalized spacial score (nSPS) is 11.4. The molecule has 0 fully saturated rings. The van der Waals surface area contributed by atoms with Crippen molar-refractivity contribution in [3.8, 4) is 11.1 Å². The number of ketones is 1. The molecular formula is C29H33N3O4S2. The number of carboxylic acids is 1. The number of rotatable bonds is 12. The predicted octanol–water partition coefficient (Wildman–Crippen LogP) is 7.73. The molecule has 0 saturated carbocycles.